The number of amides is 5. The predicted molar refractivity (Wildman–Crippen MR) is 261 cm³/mol. The molecule has 2 aliphatic rings. The van der Waals surface area contributed by atoms with Gasteiger partial charge in [0, 0.05) is 28.8 Å². The highest BCUT2D eigenvalue weighted by atomic mass is 19.1. The van der Waals surface area contributed by atoms with Gasteiger partial charge >= 0.3 is 6.09 Å². The molecule has 0 bridgehead atoms. The van der Waals surface area contributed by atoms with Gasteiger partial charge in [-0.3, -0.25) is 24.1 Å². The van der Waals surface area contributed by atoms with Crippen molar-refractivity contribution in [1.82, 2.24) is 39.5 Å². The Balaban J connectivity index is 0.000000213. The molecule has 8 rings (SSSR count). The van der Waals surface area contributed by atoms with E-state index in [0.29, 0.717) is 63.7 Å². The van der Waals surface area contributed by atoms with Crippen LogP contribution in [-0.4, -0.2) is 82.6 Å². The standard InChI is InChI=1S/C27H32FN7O4.C22H24FN7O2/c1-15-13-20(31-14-18(15)28)32-25(37)17-10-8-16(9-11-17)21-22(23(29)36)35(30)24(33-21)19-7-5-6-12-34(19)26(38)39-27(2,3)4;1-12-10-17(27-11-15(12)23)28-22(32)14-7-5-13(6-8-14)18-19(20(24)31)30(25)21(29-18)16-4-2-3-9-26-16/h8-11,13-14,19H,5-7,12,30H2,1-4H3,(H2,29,36)(H,31,32,37);5-8,10-11,16,26H,2-4,9,25H2,1H3,(H2,24,31)(H,27,28,32)/t19-;16-/m00/s1. The Bertz CT molecular complexity index is 2980. The number of benzene rings is 2. The lowest BCUT2D eigenvalue weighted by Crippen LogP contribution is -2.43. The number of pyridine rings is 2. The maximum absolute atomic E-state index is 13.5. The number of halogens is 2. The Morgan fingerprint density at radius 2 is 1.15 bits per heavy atom. The van der Waals surface area contributed by atoms with E-state index >= 15 is 0 Å². The van der Waals surface area contributed by atoms with E-state index in [4.69, 9.17) is 27.9 Å². The van der Waals surface area contributed by atoms with Crippen molar-refractivity contribution in [3.05, 3.63) is 130 Å². The Morgan fingerprint density at radius 3 is 1.59 bits per heavy atom. The molecule has 2 saturated heterocycles. The fourth-order valence-corrected chi connectivity index (χ4v) is 8.22. The Kier molecular flexibility index (Phi) is 15.1. The van der Waals surface area contributed by atoms with Gasteiger partial charge in [0.15, 0.2) is 17.2 Å². The Morgan fingerprint density at radius 1 is 0.690 bits per heavy atom. The van der Waals surface area contributed by atoms with Crippen LogP contribution in [-0.2, 0) is 4.74 Å². The second-order valence-electron chi connectivity index (χ2n) is 18.2. The Labute approximate surface area is 407 Å². The van der Waals surface area contributed by atoms with Crippen LogP contribution in [0.4, 0.5) is 25.2 Å². The lowest BCUT2D eigenvalue weighted by molar-refractivity contribution is 0.00819. The molecule has 5 amide bonds. The van der Waals surface area contributed by atoms with Crippen molar-refractivity contribution < 1.29 is 37.5 Å². The molecule has 0 spiro atoms. The summed E-state index contributed by atoms with van der Waals surface area (Å²) in [5, 5.41) is 8.62. The van der Waals surface area contributed by atoms with Crippen LogP contribution in [0, 0.1) is 25.5 Å². The zero-order valence-electron chi connectivity index (χ0n) is 39.9. The van der Waals surface area contributed by atoms with E-state index in [1.807, 2.05) is 0 Å². The molecular formula is C49H56F2N14O6. The molecule has 11 N–H and O–H groups in total. The minimum atomic E-state index is -0.787. The first-order valence-corrected chi connectivity index (χ1v) is 22.9. The molecular weight excluding hydrogens is 919 g/mol. The highest BCUT2D eigenvalue weighted by Gasteiger charge is 2.36. The first-order valence-electron chi connectivity index (χ1n) is 22.9. The number of hydrogen-bond acceptors (Lipinski definition) is 13. The van der Waals surface area contributed by atoms with Gasteiger partial charge in [-0.15, -0.1) is 0 Å². The maximum Gasteiger partial charge on any atom is 0.410 e. The smallest absolute Gasteiger partial charge is 0.410 e. The number of hydrogen-bond donors (Lipinski definition) is 7. The molecule has 2 fully saturated rings. The highest BCUT2D eigenvalue weighted by molar-refractivity contribution is 6.05. The summed E-state index contributed by atoms with van der Waals surface area (Å²) in [6.07, 6.45) is 6.81. The zero-order chi connectivity index (χ0) is 51.3. The number of aromatic nitrogens is 6. The lowest BCUT2D eigenvalue weighted by Gasteiger charge is -2.36. The van der Waals surface area contributed by atoms with Gasteiger partial charge < -0.3 is 43.8 Å². The van der Waals surface area contributed by atoms with Crippen LogP contribution in [0.1, 0.15) is 136 Å². The van der Waals surface area contributed by atoms with Gasteiger partial charge in [0.25, 0.3) is 23.6 Å². The summed E-state index contributed by atoms with van der Waals surface area (Å²) in [5.41, 5.74) is 13.8. The molecule has 22 heteroatoms. The monoisotopic (exact) mass is 974 g/mol. The van der Waals surface area contributed by atoms with Crippen LogP contribution >= 0.6 is 0 Å². The van der Waals surface area contributed by atoms with Gasteiger partial charge in [0.2, 0.25) is 0 Å². The van der Waals surface area contributed by atoms with Crippen LogP contribution in [0.25, 0.3) is 22.5 Å². The van der Waals surface area contributed by atoms with Crippen LogP contribution in [0.3, 0.4) is 0 Å². The summed E-state index contributed by atoms with van der Waals surface area (Å²) in [6, 6.07) is 15.2. The van der Waals surface area contributed by atoms with Crippen molar-refractivity contribution in [1.29, 1.82) is 0 Å². The van der Waals surface area contributed by atoms with E-state index in [-0.39, 0.29) is 34.8 Å². The van der Waals surface area contributed by atoms with Crippen molar-refractivity contribution in [2.24, 2.45) is 11.5 Å². The number of nitrogen functional groups attached to an aromatic ring is 2. The fraction of sp³-hybridized carbons (Fsp3) is 0.327. The van der Waals surface area contributed by atoms with E-state index in [1.165, 1.54) is 16.8 Å². The van der Waals surface area contributed by atoms with Gasteiger partial charge in [0.1, 0.15) is 46.1 Å². The Hall–Kier alpha value is -8.27. The SMILES string of the molecule is Cc1cc(NC(=O)c2ccc(-c3nc([C@@H]4CCCCN4)n(N)c3C(N)=O)cc2)ncc1F.Cc1cc(NC(=O)c2ccc(-c3nc([C@@H]4CCCCN4C(=O)OC(C)(C)C)n(N)c3C(N)=O)cc2)ncc1F. The van der Waals surface area contributed by atoms with E-state index in [9.17, 15) is 32.8 Å². The molecule has 6 aromatic rings. The van der Waals surface area contributed by atoms with Crippen molar-refractivity contribution >= 4 is 41.4 Å². The number of carbonyl (C=O) groups excluding carboxylic acids is 5. The number of rotatable bonds is 10. The minimum Gasteiger partial charge on any atom is -0.444 e. The molecule has 4 aromatic heterocycles. The molecule has 372 valence electrons. The average Bonchev–Trinajstić information content (AvgIpc) is 3.88. The summed E-state index contributed by atoms with van der Waals surface area (Å²) in [4.78, 5) is 81.3. The third-order valence-electron chi connectivity index (χ3n) is 11.8. The molecule has 0 unspecified atom stereocenters. The number of nitrogens with zero attached hydrogens (tertiary/aromatic N) is 7. The quantitative estimate of drug-likeness (QED) is 0.0754. The number of ether oxygens (including phenoxy) is 1. The van der Waals surface area contributed by atoms with Gasteiger partial charge in [-0.1, -0.05) is 30.7 Å². The van der Waals surface area contributed by atoms with Gasteiger partial charge in [0.05, 0.1) is 24.5 Å². The zero-order valence-corrected chi connectivity index (χ0v) is 39.9. The van der Waals surface area contributed by atoms with Crippen LogP contribution in [0.15, 0.2) is 73.1 Å². The number of piperidine rings is 2. The third-order valence-corrected chi connectivity index (χ3v) is 11.8. The molecule has 2 aromatic carbocycles. The first-order chi connectivity index (χ1) is 33.7. The van der Waals surface area contributed by atoms with Crippen molar-refractivity contribution in [3.8, 4) is 22.5 Å². The number of primary amides is 2. The molecule has 0 aliphatic carbocycles. The summed E-state index contributed by atoms with van der Waals surface area (Å²) in [7, 11) is 0. The summed E-state index contributed by atoms with van der Waals surface area (Å²) in [5.74, 6) is 10.6. The molecule has 2 aliphatic heterocycles. The molecule has 0 saturated carbocycles. The minimum absolute atomic E-state index is 0.0251. The number of aryl methyl sites for hydroxylation is 2. The van der Waals surface area contributed by atoms with Crippen LogP contribution < -0.4 is 39.1 Å². The molecule has 2 atom stereocenters. The van der Waals surface area contributed by atoms with Crippen molar-refractivity contribution in [2.75, 3.05) is 35.4 Å². The van der Waals surface area contributed by atoms with Crippen LogP contribution in [0.5, 0.6) is 0 Å². The van der Waals surface area contributed by atoms with E-state index in [2.05, 4.69) is 35.9 Å². The molecule has 6 heterocycles. The number of likely N-dealkylation sites (tertiary alicyclic amines) is 1. The molecule has 71 heavy (non-hydrogen) atoms. The number of nitrogens with two attached hydrogens (primary N) is 4. The second-order valence-corrected chi connectivity index (χ2v) is 18.2. The number of imidazole rings is 2. The van der Waals surface area contributed by atoms with Crippen molar-refractivity contribution in [3.63, 3.8) is 0 Å². The van der Waals surface area contributed by atoms with E-state index in [1.54, 1.807) is 88.0 Å². The fourth-order valence-electron chi connectivity index (χ4n) is 8.22. The van der Waals surface area contributed by atoms with E-state index in [0.717, 1.165) is 55.7 Å². The highest BCUT2D eigenvalue weighted by Crippen LogP contribution is 2.35. The van der Waals surface area contributed by atoms with Gasteiger partial charge in [-0.25, -0.2) is 42.9 Å². The molecule has 0 radical (unpaired) electrons. The summed E-state index contributed by atoms with van der Waals surface area (Å²) < 4.78 is 34.8. The van der Waals surface area contributed by atoms with Gasteiger partial charge in [-0.05, 0) is 121 Å². The predicted octanol–water partition coefficient (Wildman–Crippen LogP) is 6.19. The van der Waals surface area contributed by atoms with Crippen LogP contribution in [0.2, 0.25) is 0 Å². The van der Waals surface area contributed by atoms with Gasteiger partial charge in [-0.2, -0.15) is 0 Å². The van der Waals surface area contributed by atoms with Crippen molar-refractivity contribution in [2.45, 2.75) is 90.8 Å². The second kappa shape index (κ2) is 21.2. The number of nitrogens with one attached hydrogen (secondary N) is 3. The maximum atomic E-state index is 13.5. The normalized spacial score (nSPS) is 15.8. The average molecular weight is 975 g/mol. The number of carbonyl (C=O) groups is 5. The van der Waals surface area contributed by atoms with E-state index < -0.39 is 53.0 Å². The first kappa shape index (κ1) is 50.6. The molecule has 20 nitrogen and oxygen atoms in total. The third kappa shape index (κ3) is 11.6. The largest absolute Gasteiger partial charge is 0.444 e. The lowest BCUT2D eigenvalue weighted by atomic mass is 10.0. The summed E-state index contributed by atoms with van der Waals surface area (Å²) >= 11 is 0. The summed E-state index contributed by atoms with van der Waals surface area (Å²) in [6.45, 7) is 9.84. The number of anilines is 2. The topological polar surface area (TPSA) is 299 Å².